The Labute approximate surface area is 120 Å². The van der Waals surface area contributed by atoms with E-state index in [1.165, 1.54) is 0 Å². The van der Waals surface area contributed by atoms with Gasteiger partial charge >= 0.3 is 0 Å². The first-order valence-electron chi connectivity index (χ1n) is 5.69. The molecule has 2 rings (SSSR count). The van der Waals surface area contributed by atoms with E-state index in [-0.39, 0.29) is 5.84 Å². The van der Waals surface area contributed by atoms with E-state index >= 15 is 0 Å². The molecule has 0 aliphatic carbocycles. The molecular weight excluding hydrogens is 306 g/mol. The van der Waals surface area contributed by atoms with Gasteiger partial charge in [0, 0.05) is 24.3 Å². The van der Waals surface area contributed by atoms with Crippen LogP contribution >= 0.6 is 15.9 Å². The van der Waals surface area contributed by atoms with Crippen molar-refractivity contribution in [1.29, 1.82) is 5.41 Å². The first-order valence-corrected chi connectivity index (χ1v) is 6.48. The molecule has 1 aromatic heterocycles. The van der Waals surface area contributed by atoms with Gasteiger partial charge in [0.25, 0.3) is 0 Å². The van der Waals surface area contributed by atoms with Crippen LogP contribution in [0.3, 0.4) is 0 Å². The minimum absolute atomic E-state index is 0.0560. The third kappa shape index (κ3) is 3.51. The SMILES string of the molecule is CN(Cc1cccc(Br)c1)c1nccc(C(=N)N)n1. The highest BCUT2D eigenvalue weighted by molar-refractivity contribution is 9.10. The molecular formula is C13H14BrN5. The van der Waals surface area contributed by atoms with Crippen LogP contribution in [0.4, 0.5) is 5.95 Å². The number of nitrogens with zero attached hydrogens (tertiary/aromatic N) is 3. The second-order valence-corrected chi connectivity index (χ2v) is 5.06. The van der Waals surface area contributed by atoms with Gasteiger partial charge in [-0.05, 0) is 23.8 Å². The summed E-state index contributed by atoms with van der Waals surface area (Å²) < 4.78 is 1.04. The Morgan fingerprint density at radius 2 is 2.21 bits per heavy atom. The summed E-state index contributed by atoms with van der Waals surface area (Å²) in [6.45, 7) is 0.681. The fourth-order valence-electron chi connectivity index (χ4n) is 1.66. The van der Waals surface area contributed by atoms with Crippen molar-refractivity contribution >= 4 is 27.7 Å². The number of anilines is 1. The van der Waals surface area contributed by atoms with E-state index in [1.807, 2.05) is 36.2 Å². The molecule has 1 heterocycles. The van der Waals surface area contributed by atoms with Crippen molar-refractivity contribution in [2.45, 2.75) is 6.54 Å². The van der Waals surface area contributed by atoms with Crippen LogP contribution in [0.1, 0.15) is 11.3 Å². The van der Waals surface area contributed by atoms with Crippen LogP contribution in [0.2, 0.25) is 0 Å². The predicted molar refractivity (Wildman–Crippen MR) is 79.3 cm³/mol. The number of hydrogen-bond acceptors (Lipinski definition) is 4. The Hall–Kier alpha value is -1.95. The lowest BCUT2D eigenvalue weighted by Crippen LogP contribution is -2.21. The summed E-state index contributed by atoms with van der Waals surface area (Å²) >= 11 is 3.44. The van der Waals surface area contributed by atoms with Gasteiger partial charge in [0.05, 0.1) is 0 Å². The van der Waals surface area contributed by atoms with Crippen molar-refractivity contribution in [1.82, 2.24) is 9.97 Å². The lowest BCUT2D eigenvalue weighted by atomic mass is 10.2. The van der Waals surface area contributed by atoms with Crippen LogP contribution in [0.5, 0.6) is 0 Å². The Bertz CT molecular complexity index is 599. The molecule has 5 nitrogen and oxygen atoms in total. The monoisotopic (exact) mass is 319 g/mol. The summed E-state index contributed by atoms with van der Waals surface area (Å²) in [5.41, 5.74) is 7.01. The summed E-state index contributed by atoms with van der Waals surface area (Å²) in [6, 6.07) is 9.68. The molecule has 0 atom stereocenters. The standard InChI is InChI=1S/C13H14BrN5/c1-19(8-9-3-2-4-10(14)7-9)13-17-6-5-11(18-13)12(15)16/h2-7H,8H2,1H3,(H3,15,16). The minimum Gasteiger partial charge on any atom is -0.382 e. The van der Waals surface area contributed by atoms with Crippen molar-refractivity contribution in [3.05, 3.63) is 52.3 Å². The van der Waals surface area contributed by atoms with Gasteiger partial charge in [-0.15, -0.1) is 0 Å². The molecule has 2 aromatic rings. The number of benzene rings is 1. The van der Waals surface area contributed by atoms with E-state index in [2.05, 4.69) is 25.9 Å². The maximum absolute atomic E-state index is 7.39. The van der Waals surface area contributed by atoms with Crippen LogP contribution in [-0.4, -0.2) is 22.9 Å². The van der Waals surface area contributed by atoms with Gasteiger partial charge in [-0.25, -0.2) is 9.97 Å². The number of rotatable bonds is 4. The highest BCUT2D eigenvalue weighted by Crippen LogP contribution is 2.15. The predicted octanol–water partition coefficient (Wildman–Crippen LogP) is 2.16. The molecule has 0 radical (unpaired) electrons. The van der Waals surface area contributed by atoms with Crippen molar-refractivity contribution < 1.29 is 0 Å². The number of amidine groups is 1. The molecule has 6 heteroatoms. The first kappa shape index (κ1) is 13.5. The lowest BCUT2D eigenvalue weighted by Gasteiger charge is -2.17. The molecule has 0 fully saturated rings. The average Bonchev–Trinajstić information content (AvgIpc) is 2.39. The van der Waals surface area contributed by atoms with E-state index in [1.54, 1.807) is 12.3 Å². The first-order chi connectivity index (χ1) is 9.06. The molecule has 19 heavy (non-hydrogen) atoms. The number of nitrogen functional groups attached to an aromatic ring is 1. The van der Waals surface area contributed by atoms with Crippen molar-refractivity contribution in [2.24, 2.45) is 5.73 Å². The fraction of sp³-hybridized carbons (Fsp3) is 0.154. The number of nitrogens with one attached hydrogen (secondary N) is 1. The molecule has 0 amide bonds. The van der Waals surface area contributed by atoms with Crippen LogP contribution in [0, 0.1) is 5.41 Å². The molecule has 0 saturated carbocycles. The fourth-order valence-corrected chi connectivity index (χ4v) is 2.11. The van der Waals surface area contributed by atoms with Gasteiger partial charge in [0.2, 0.25) is 5.95 Å². The number of aromatic nitrogens is 2. The number of halogens is 1. The maximum Gasteiger partial charge on any atom is 0.226 e. The average molecular weight is 320 g/mol. The number of nitrogens with two attached hydrogens (primary N) is 1. The van der Waals surface area contributed by atoms with Crippen molar-refractivity contribution in [2.75, 3.05) is 11.9 Å². The van der Waals surface area contributed by atoms with Gasteiger partial charge < -0.3 is 10.6 Å². The zero-order chi connectivity index (χ0) is 13.8. The molecule has 0 spiro atoms. The molecule has 0 bridgehead atoms. The highest BCUT2D eigenvalue weighted by atomic mass is 79.9. The second-order valence-electron chi connectivity index (χ2n) is 4.14. The second kappa shape index (κ2) is 5.79. The largest absolute Gasteiger partial charge is 0.382 e. The van der Waals surface area contributed by atoms with Crippen molar-refractivity contribution in [3.63, 3.8) is 0 Å². The Kier molecular flexibility index (Phi) is 4.11. The Morgan fingerprint density at radius 3 is 2.89 bits per heavy atom. The highest BCUT2D eigenvalue weighted by Gasteiger charge is 2.07. The van der Waals surface area contributed by atoms with Crippen LogP contribution in [0.25, 0.3) is 0 Å². The normalized spacial score (nSPS) is 10.2. The van der Waals surface area contributed by atoms with Gasteiger partial charge in [-0.3, -0.25) is 5.41 Å². The summed E-state index contributed by atoms with van der Waals surface area (Å²) in [4.78, 5) is 10.3. The van der Waals surface area contributed by atoms with Gasteiger partial charge in [-0.1, -0.05) is 28.1 Å². The zero-order valence-corrected chi connectivity index (χ0v) is 12.1. The van der Waals surface area contributed by atoms with Gasteiger partial charge in [-0.2, -0.15) is 0 Å². The molecule has 98 valence electrons. The van der Waals surface area contributed by atoms with Gasteiger partial charge in [0.1, 0.15) is 11.5 Å². The van der Waals surface area contributed by atoms with Crippen LogP contribution in [0.15, 0.2) is 41.0 Å². The van der Waals surface area contributed by atoms with Crippen LogP contribution < -0.4 is 10.6 Å². The van der Waals surface area contributed by atoms with E-state index in [4.69, 9.17) is 11.1 Å². The Balaban J connectivity index is 2.18. The van der Waals surface area contributed by atoms with Crippen LogP contribution in [-0.2, 0) is 6.54 Å². The molecule has 0 unspecified atom stereocenters. The van der Waals surface area contributed by atoms with Gasteiger partial charge in [0.15, 0.2) is 0 Å². The number of hydrogen-bond donors (Lipinski definition) is 2. The van der Waals surface area contributed by atoms with Crippen molar-refractivity contribution in [3.8, 4) is 0 Å². The van der Waals surface area contributed by atoms with E-state index in [0.717, 1.165) is 10.0 Å². The molecule has 0 aliphatic rings. The van der Waals surface area contributed by atoms with E-state index in [0.29, 0.717) is 18.2 Å². The molecule has 0 saturated heterocycles. The third-order valence-corrected chi connectivity index (χ3v) is 3.06. The summed E-state index contributed by atoms with van der Waals surface area (Å²) in [6.07, 6.45) is 1.61. The summed E-state index contributed by atoms with van der Waals surface area (Å²) in [5, 5.41) is 7.39. The smallest absolute Gasteiger partial charge is 0.226 e. The molecule has 0 aliphatic heterocycles. The topological polar surface area (TPSA) is 78.9 Å². The maximum atomic E-state index is 7.39. The summed E-state index contributed by atoms with van der Waals surface area (Å²) in [5.74, 6) is 0.493. The Morgan fingerprint density at radius 1 is 1.42 bits per heavy atom. The summed E-state index contributed by atoms with van der Waals surface area (Å²) in [7, 11) is 1.90. The lowest BCUT2D eigenvalue weighted by molar-refractivity contribution is 0.864. The minimum atomic E-state index is -0.0560. The third-order valence-electron chi connectivity index (χ3n) is 2.57. The quantitative estimate of drug-likeness (QED) is 0.668. The zero-order valence-electron chi connectivity index (χ0n) is 10.5. The van der Waals surface area contributed by atoms with E-state index in [9.17, 15) is 0 Å². The molecule has 1 aromatic carbocycles. The molecule has 3 N–H and O–H groups in total. The van der Waals surface area contributed by atoms with E-state index < -0.39 is 0 Å².